The molecular formula is C27H39N3O5. The third-order valence-corrected chi connectivity index (χ3v) is 7.56. The Morgan fingerprint density at radius 3 is 2.37 bits per heavy atom. The van der Waals surface area contributed by atoms with Crippen molar-refractivity contribution in [2.24, 2.45) is 5.73 Å². The largest absolute Gasteiger partial charge is 0.492 e. The standard InChI is InChI=1S/C27H39N3O5/c1-25(2,3)29-13-11-27(12-14-29)16-34-22-18-15-30(24(33)17(18)7-8-19(22)27)20(23(28)32)9-10-21(31)35-26(4,5)6/h7-8,20H,9-16H2,1-6H3,(H2,28,32)/t20-/m0/s1. The fraction of sp³-hybridized carbons (Fsp3) is 0.667. The number of likely N-dealkylation sites (tertiary alicyclic amines) is 1. The van der Waals surface area contributed by atoms with Crippen LogP contribution in [-0.2, 0) is 26.3 Å². The molecule has 3 aliphatic rings. The number of fused-ring (bicyclic) bond motifs is 4. The molecule has 3 aliphatic heterocycles. The molecule has 0 saturated carbocycles. The minimum Gasteiger partial charge on any atom is -0.492 e. The van der Waals surface area contributed by atoms with Crippen molar-refractivity contribution in [1.29, 1.82) is 0 Å². The fourth-order valence-electron chi connectivity index (χ4n) is 5.62. The summed E-state index contributed by atoms with van der Waals surface area (Å²) in [5.74, 6) is -0.500. The van der Waals surface area contributed by atoms with Gasteiger partial charge in [-0.05, 0) is 80.0 Å². The van der Waals surface area contributed by atoms with Gasteiger partial charge in [0.2, 0.25) is 5.91 Å². The van der Waals surface area contributed by atoms with E-state index in [-0.39, 0.29) is 36.2 Å². The number of ether oxygens (including phenoxy) is 2. The van der Waals surface area contributed by atoms with Crippen LogP contribution in [0.25, 0.3) is 0 Å². The molecule has 0 radical (unpaired) electrons. The minimum absolute atomic E-state index is 0.00694. The van der Waals surface area contributed by atoms with Gasteiger partial charge in [-0.15, -0.1) is 0 Å². The average molecular weight is 486 g/mol. The number of carbonyl (C=O) groups is 3. The molecule has 1 aromatic carbocycles. The first-order valence-electron chi connectivity index (χ1n) is 12.6. The third-order valence-electron chi connectivity index (χ3n) is 7.56. The van der Waals surface area contributed by atoms with Crippen LogP contribution in [0.1, 0.15) is 88.7 Å². The van der Waals surface area contributed by atoms with Crippen LogP contribution in [0.3, 0.4) is 0 Å². The zero-order chi connectivity index (χ0) is 25.8. The number of nitrogens with two attached hydrogens (primary N) is 1. The lowest BCUT2D eigenvalue weighted by Gasteiger charge is -2.44. The first kappa shape index (κ1) is 25.5. The number of benzene rings is 1. The van der Waals surface area contributed by atoms with Crippen molar-refractivity contribution in [2.45, 2.75) is 96.4 Å². The highest BCUT2D eigenvalue weighted by atomic mass is 16.6. The maximum absolute atomic E-state index is 13.3. The Bertz CT molecular complexity index is 1030. The molecule has 1 atom stereocenters. The minimum atomic E-state index is -0.886. The summed E-state index contributed by atoms with van der Waals surface area (Å²) in [7, 11) is 0. The molecule has 1 saturated heterocycles. The number of carbonyl (C=O) groups excluding carboxylic acids is 3. The van der Waals surface area contributed by atoms with Gasteiger partial charge in [-0.25, -0.2) is 0 Å². The van der Waals surface area contributed by atoms with E-state index in [4.69, 9.17) is 15.2 Å². The summed E-state index contributed by atoms with van der Waals surface area (Å²) in [6.07, 6.45) is 2.15. The van der Waals surface area contributed by atoms with Crippen molar-refractivity contribution in [3.8, 4) is 5.75 Å². The second-order valence-corrected chi connectivity index (χ2v) is 12.2. The van der Waals surface area contributed by atoms with Gasteiger partial charge in [0.1, 0.15) is 17.4 Å². The Kier molecular flexibility index (Phi) is 6.41. The highest BCUT2D eigenvalue weighted by molar-refractivity contribution is 6.02. The van der Waals surface area contributed by atoms with Gasteiger partial charge in [0, 0.05) is 34.1 Å². The van der Waals surface area contributed by atoms with Crippen LogP contribution < -0.4 is 10.5 Å². The summed E-state index contributed by atoms with van der Waals surface area (Å²) in [5.41, 5.74) is 7.71. The van der Waals surface area contributed by atoms with E-state index >= 15 is 0 Å². The molecule has 8 nitrogen and oxygen atoms in total. The molecule has 8 heteroatoms. The number of rotatable bonds is 5. The van der Waals surface area contributed by atoms with Crippen LogP contribution in [0.2, 0.25) is 0 Å². The first-order chi connectivity index (χ1) is 16.2. The normalized spacial score (nSPS) is 20.4. The smallest absolute Gasteiger partial charge is 0.306 e. The zero-order valence-electron chi connectivity index (χ0n) is 21.9. The maximum Gasteiger partial charge on any atom is 0.306 e. The Morgan fingerprint density at radius 1 is 1.14 bits per heavy atom. The summed E-state index contributed by atoms with van der Waals surface area (Å²) < 4.78 is 11.6. The van der Waals surface area contributed by atoms with Crippen LogP contribution in [0.15, 0.2) is 12.1 Å². The Morgan fingerprint density at radius 2 is 1.80 bits per heavy atom. The number of amides is 2. The van der Waals surface area contributed by atoms with Gasteiger partial charge < -0.3 is 20.1 Å². The highest BCUT2D eigenvalue weighted by Crippen LogP contribution is 2.50. The maximum atomic E-state index is 13.3. The molecule has 0 unspecified atom stereocenters. The van der Waals surface area contributed by atoms with E-state index in [1.807, 2.05) is 12.1 Å². The molecule has 2 amide bonds. The van der Waals surface area contributed by atoms with Gasteiger partial charge in [0.05, 0.1) is 13.2 Å². The average Bonchev–Trinajstić information content (AvgIpc) is 3.25. The number of hydrogen-bond donors (Lipinski definition) is 1. The molecule has 0 aromatic heterocycles. The van der Waals surface area contributed by atoms with Gasteiger partial charge in [-0.3, -0.25) is 19.3 Å². The Hall–Kier alpha value is -2.61. The van der Waals surface area contributed by atoms with Crippen molar-refractivity contribution < 1.29 is 23.9 Å². The van der Waals surface area contributed by atoms with Crippen LogP contribution in [-0.4, -0.2) is 64.5 Å². The van der Waals surface area contributed by atoms with E-state index in [1.54, 1.807) is 20.8 Å². The van der Waals surface area contributed by atoms with Gasteiger partial charge in [0.25, 0.3) is 5.91 Å². The highest BCUT2D eigenvalue weighted by Gasteiger charge is 2.47. The summed E-state index contributed by atoms with van der Waals surface area (Å²) in [6, 6.07) is 3.02. The summed E-state index contributed by atoms with van der Waals surface area (Å²) in [5, 5.41) is 0. The van der Waals surface area contributed by atoms with Crippen LogP contribution >= 0.6 is 0 Å². The molecular weight excluding hydrogens is 446 g/mol. The van der Waals surface area contributed by atoms with E-state index in [2.05, 4.69) is 25.7 Å². The molecule has 0 bridgehead atoms. The molecule has 192 valence electrons. The van der Waals surface area contributed by atoms with E-state index in [0.29, 0.717) is 12.2 Å². The summed E-state index contributed by atoms with van der Waals surface area (Å²) in [4.78, 5) is 41.8. The molecule has 4 rings (SSSR count). The lowest BCUT2D eigenvalue weighted by Crippen LogP contribution is -2.50. The molecule has 3 heterocycles. The number of nitrogens with zero attached hydrogens (tertiary/aromatic N) is 2. The lowest BCUT2D eigenvalue weighted by atomic mass is 9.73. The molecule has 1 aromatic rings. The van der Waals surface area contributed by atoms with Crippen molar-refractivity contribution >= 4 is 17.8 Å². The number of piperidine rings is 1. The molecule has 2 N–H and O–H groups in total. The predicted octanol–water partition coefficient (Wildman–Crippen LogP) is 3.14. The number of primary amides is 1. The van der Waals surface area contributed by atoms with E-state index in [0.717, 1.165) is 37.2 Å². The van der Waals surface area contributed by atoms with Crippen LogP contribution in [0.4, 0.5) is 0 Å². The van der Waals surface area contributed by atoms with Crippen LogP contribution in [0.5, 0.6) is 5.75 Å². The second kappa shape index (κ2) is 8.80. The van der Waals surface area contributed by atoms with Gasteiger partial charge in [-0.1, -0.05) is 6.07 Å². The van der Waals surface area contributed by atoms with E-state index < -0.39 is 23.5 Å². The SMILES string of the molecule is CC(C)(C)OC(=O)CC[C@@H](C(N)=O)N1Cc2c(ccc3c2OCC32CCN(C(C)(C)C)CC2)C1=O. The van der Waals surface area contributed by atoms with Crippen molar-refractivity contribution in [3.05, 3.63) is 28.8 Å². The zero-order valence-corrected chi connectivity index (χ0v) is 21.9. The summed E-state index contributed by atoms with van der Waals surface area (Å²) >= 11 is 0. The fourth-order valence-corrected chi connectivity index (χ4v) is 5.62. The van der Waals surface area contributed by atoms with E-state index in [1.165, 1.54) is 10.5 Å². The molecule has 35 heavy (non-hydrogen) atoms. The summed E-state index contributed by atoms with van der Waals surface area (Å²) in [6.45, 7) is 15.0. The van der Waals surface area contributed by atoms with E-state index in [9.17, 15) is 14.4 Å². The second-order valence-electron chi connectivity index (χ2n) is 12.2. The van der Waals surface area contributed by atoms with Crippen molar-refractivity contribution in [3.63, 3.8) is 0 Å². The van der Waals surface area contributed by atoms with Crippen molar-refractivity contribution in [2.75, 3.05) is 19.7 Å². The van der Waals surface area contributed by atoms with Gasteiger partial charge in [0.15, 0.2) is 0 Å². The van der Waals surface area contributed by atoms with Gasteiger partial charge in [-0.2, -0.15) is 0 Å². The Labute approximate surface area is 208 Å². The number of esters is 1. The topological polar surface area (TPSA) is 102 Å². The van der Waals surface area contributed by atoms with Crippen LogP contribution in [0, 0.1) is 0 Å². The van der Waals surface area contributed by atoms with Crippen molar-refractivity contribution in [1.82, 2.24) is 9.80 Å². The molecule has 1 fully saturated rings. The van der Waals surface area contributed by atoms with Gasteiger partial charge >= 0.3 is 5.97 Å². The number of hydrogen-bond acceptors (Lipinski definition) is 6. The third kappa shape index (κ3) is 4.90. The monoisotopic (exact) mass is 485 g/mol. The quantitative estimate of drug-likeness (QED) is 0.643. The molecule has 1 spiro atoms. The Balaban J connectivity index is 1.52. The lowest BCUT2D eigenvalue weighted by molar-refractivity contribution is -0.155. The predicted molar refractivity (Wildman–Crippen MR) is 132 cm³/mol. The first-order valence-corrected chi connectivity index (χ1v) is 12.6. The molecule has 0 aliphatic carbocycles.